The molecule has 0 radical (unpaired) electrons. The average Bonchev–Trinajstić information content (AvgIpc) is 3.03. The molecule has 5 aromatic rings. The SMILES string of the molecule is Clc1ccc(Cc2nc(Cc3ccc(Cl)cc3)nc(/C(=C(/c3ccccc3)N3CCCCC3)c3ccc(Cl)cc3)n2)cc1. The monoisotopic (exact) mass is 624 g/mol. The van der Waals surface area contributed by atoms with E-state index >= 15 is 0 Å². The molecule has 6 rings (SSSR count). The van der Waals surface area contributed by atoms with Gasteiger partial charge in [-0.05, 0) is 77.9 Å². The molecule has 1 aliphatic rings. The Morgan fingerprint density at radius 3 is 1.53 bits per heavy atom. The smallest absolute Gasteiger partial charge is 0.166 e. The molecule has 43 heavy (non-hydrogen) atoms. The number of rotatable bonds is 8. The van der Waals surface area contributed by atoms with Crippen LogP contribution in [0.2, 0.25) is 15.1 Å². The van der Waals surface area contributed by atoms with Crippen LogP contribution in [0.15, 0.2) is 103 Å². The third-order valence-electron chi connectivity index (χ3n) is 7.59. The highest BCUT2D eigenvalue weighted by Gasteiger charge is 2.24. The average molecular weight is 626 g/mol. The Bertz CT molecular complexity index is 1630. The summed E-state index contributed by atoms with van der Waals surface area (Å²) < 4.78 is 0. The van der Waals surface area contributed by atoms with E-state index in [-0.39, 0.29) is 0 Å². The van der Waals surface area contributed by atoms with Gasteiger partial charge in [0.15, 0.2) is 5.82 Å². The van der Waals surface area contributed by atoms with Crippen molar-refractivity contribution in [2.45, 2.75) is 32.1 Å². The van der Waals surface area contributed by atoms with E-state index in [4.69, 9.17) is 49.8 Å². The Kier molecular flexibility index (Phi) is 9.38. The number of piperidine rings is 1. The highest BCUT2D eigenvalue weighted by atomic mass is 35.5. The largest absolute Gasteiger partial charge is 0.370 e. The van der Waals surface area contributed by atoms with Gasteiger partial charge < -0.3 is 4.90 Å². The minimum atomic E-state index is 0.554. The summed E-state index contributed by atoms with van der Waals surface area (Å²) in [6.07, 6.45) is 4.63. The van der Waals surface area contributed by atoms with Crippen molar-refractivity contribution >= 4 is 46.1 Å². The first-order valence-electron chi connectivity index (χ1n) is 14.6. The molecule has 1 saturated heterocycles. The number of nitrogens with zero attached hydrogens (tertiary/aromatic N) is 4. The molecule has 0 unspecified atom stereocenters. The highest BCUT2D eigenvalue weighted by molar-refractivity contribution is 6.31. The third kappa shape index (κ3) is 7.45. The molecular weight excluding hydrogens is 595 g/mol. The Balaban J connectivity index is 1.57. The second kappa shape index (κ2) is 13.7. The first kappa shape index (κ1) is 29.4. The zero-order chi connectivity index (χ0) is 29.6. The van der Waals surface area contributed by atoms with Crippen LogP contribution >= 0.6 is 34.8 Å². The predicted octanol–water partition coefficient (Wildman–Crippen LogP) is 9.42. The summed E-state index contributed by atoms with van der Waals surface area (Å²) in [7, 11) is 0. The minimum absolute atomic E-state index is 0.554. The van der Waals surface area contributed by atoms with Gasteiger partial charge in [-0.2, -0.15) is 0 Å². The summed E-state index contributed by atoms with van der Waals surface area (Å²) in [6, 6.07) is 34.2. The maximum absolute atomic E-state index is 6.37. The molecule has 7 heteroatoms. The summed E-state index contributed by atoms with van der Waals surface area (Å²) in [5, 5.41) is 2.08. The third-order valence-corrected chi connectivity index (χ3v) is 8.35. The summed E-state index contributed by atoms with van der Waals surface area (Å²) in [4.78, 5) is 17.8. The predicted molar refractivity (Wildman–Crippen MR) is 178 cm³/mol. The first-order chi connectivity index (χ1) is 21.0. The topological polar surface area (TPSA) is 41.9 Å². The molecule has 216 valence electrons. The van der Waals surface area contributed by atoms with E-state index in [1.54, 1.807) is 0 Å². The molecule has 4 aromatic carbocycles. The lowest BCUT2D eigenvalue weighted by Crippen LogP contribution is -2.29. The summed E-state index contributed by atoms with van der Waals surface area (Å²) in [5.41, 5.74) is 6.40. The molecule has 0 bridgehead atoms. The van der Waals surface area contributed by atoms with Crippen LogP contribution in [0.1, 0.15) is 59.0 Å². The second-order valence-corrected chi connectivity index (χ2v) is 12.1. The summed E-state index contributed by atoms with van der Waals surface area (Å²) in [5.74, 6) is 2.05. The van der Waals surface area contributed by atoms with Crippen molar-refractivity contribution < 1.29 is 0 Å². The van der Waals surface area contributed by atoms with Crippen LogP contribution in [0.3, 0.4) is 0 Å². The fourth-order valence-corrected chi connectivity index (χ4v) is 5.87. The van der Waals surface area contributed by atoms with Gasteiger partial charge in [0.1, 0.15) is 11.6 Å². The van der Waals surface area contributed by atoms with Crippen molar-refractivity contribution in [1.82, 2.24) is 19.9 Å². The minimum Gasteiger partial charge on any atom is -0.370 e. The molecule has 0 spiro atoms. The van der Waals surface area contributed by atoms with Crippen molar-refractivity contribution in [2.75, 3.05) is 13.1 Å². The molecule has 0 N–H and O–H groups in total. The lowest BCUT2D eigenvalue weighted by molar-refractivity contribution is 0.326. The van der Waals surface area contributed by atoms with E-state index < -0.39 is 0 Å². The summed E-state index contributed by atoms with van der Waals surface area (Å²) >= 11 is 18.7. The number of benzene rings is 4. The molecular formula is C36H31Cl3N4. The van der Waals surface area contributed by atoms with Gasteiger partial charge in [-0.25, -0.2) is 15.0 Å². The van der Waals surface area contributed by atoms with E-state index in [0.717, 1.165) is 59.5 Å². The second-order valence-electron chi connectivity index (χ2n) is 10.7. The molecule has 0 amide bonds. The number of hydrogen-bond acceptors (Lipinski definition) is 4. The molecule has 0 saturated carbocycles. The summed E-state index contributed by atoms with van der Waals surface area (Å²) in [6.45, 7) is 1.95. The van der Waals surface area contributed by atoms with E-state index in [0.29, 0.717) is 45.4 Å². The maximum atomic E-state index is 6.37. The van der Waals surface area contributed by atoms with Gasteiger partial charge in [0.05, 0.1) is 11.3 Å². The van der Waals surface area contributed by atoms with Crippen LogP contribution in [-0.2, 0) is 12.8 Å². The first-order valence-corrected chi connectivity index (χ1v) is 15.7. The van der Waals surface area contributed by atoms with Gasteiger partial charge in [0, 0.05) is 41.0 Å². The standard InChI is InChI=1S/C36H31Cl3N4/c37-29-15-9-25(10-16-29)23-32-40-33(24-26-11-17-30(38)18-12-26)42-36(41-32)34(27-13-19-31(39)20-14-27)35(28-7-3-1-4-8-28)43-21-5-2-6-22-43/h1,3-4,7-20H,2,5-6,21-24H2/b35-34-. The molecule has 1 fully saturated rings. The fourth-order valence-electron chi connectivity index (χ4n) is 5.49. The Labute approximate surface area is 268 Å². The van der Waals surface area contributed by atoms with E-state index in [9.17, 15) is 0 Å². The highest BCUT2D eigenvalue weighted by Crippen LogP contribution is 2.35. The van der Waals surface area contributed by atoms with Crippen LogP contribution in [0.5, 0.6) is 0 Å². The Morgan fingerprint density at radius 1 is 0.535 bits per heavy atom. The van der Waals surface area contributed by atoms with Crippen molar-refractivity contribution in [3.05, 3.63) is 158 Å². The fraction of sp³-hybridized carbons (Fsp3) is 0.194. The molecule has 1 aliphatic heterocycles. The molecule has 1 aromatic heterocycles. The van der Waals surface area contributed by atoms with Crippen LogP contribution in [0.4, 0.5) is 0 Å². The van der Waals surface area contributed by atoms with Gasteiger partial charge in [0.25, 0.3) is 0 Å². The van der Waals surface area contributed by atoms with Crippen molar-refractivity contribution in [1.29, 1.82) is 0 Å². The maximum Gasteiger partial charge on any atom is 0.166 e. The number of hydrogen-bond donors (Lipinski definition) is 0. The lowest BCUT2D eigenvalue weighted by atomic mass is 9.96. The molecule has 4 nitrogen and oxygen atoms in total. The molecule has 0 atom stereocenters. The van der Waals surface area contributed by atoms with Crippen molar-refractivity contribution in [3.63, 3.8) is 0 Å². The van der Waals surface area contributed by atoms with Crippen molar-refractivity contribution in [2.24, 2.45) is 0 Å². The number of halogens is 3. The zero-order valence-electron chi connectivity index (χ0n) is 23.7. The van der Waals surface area contributed by atoms with Crippen LogP contribution in [-0.4, -0.2) is 32.9 Å². The number of aromatic nitrogens is 3. The van der Waals surface area contributed by atoms with Crippen LogP contribution < -0.4 is 0 Å². The lowest BCUT2D eigenvalue weighted by Gasteiger charge is -2.33. The van der Waals surface area contributed by atoms with E-state index in [2.05, 4.69) is 47.4 Å². The van der Waals surface area contributed by atoms with Gasteiger partial charge >= 0.3 is 0 Å². The van der Waals surface area contributed by atoms with Gasteiger partial charge in [-0.15, -0.1) is 0 Å². The van der Waals surface area contributed by atoms with Crippen molar-refractivity contribution in [3.8, 4) is 0 Å². The zero-order valence-corrected chi connectivity index (χ0v) is 26.0. The molecule has 2 heterocycles. The van der Waals surface area contributed by atoms with E-state index in [1.807, 2.05) is 60.7 Å². The normalized spacial score (nSPS) is 14.0. The Hall–Kier alpha value is -3.70. The van der Waals surface area contributed by atoms with Gasteiger partial charge in [-0.1, -0.05) is 102 Å². The quantitative estimate of drug-likeness (QED) is 0.161. The molecule has 0 aliphatic carbocycles. The van der Waals surface area contributed by atoms with Gasteiger partial charge in [0.2, 0.25) is 0 Å². The van der Waals surface area contributed by atoms with Crippen LogP contribution in [0, 0.1) is 0 Å². The Morgan fingerprint density at radius 2 is 1.02 bits per heavy atom. The van der Waals surface area contributed by atoms with Gasteiger partial charge in [-0.3, -0.25) is 0 Å². The van der Waals surface area contributed by atoms with E-state index in [1.165, 1.54) is 6.42 Å². The number of likely N-dealkylation sites (tertiary alicyclic amines) is 1. The van der Waals surface area contributed by atoms with Crippen LogP contribution in [0.25, 0.3) is 11.3 Å².